The van der Waals surface area contributed by atoms with Crippen LogP contribution in [0.15, 0.2) is 24.4 Å². The van der Waals surface area contributed by atoms with Gasteiger partial charge in [-0.3, -0.25) is 4.79 Å². The highest BCUT2D eigenvalue weighted by atomic mass is 32.1. The van der Waals surface area contributed by atoms with Crippen molar-refractivity contribution in [1.29, 1.82) is 0 Å². The fraction of sp³-hybridized carbons (Fsp3) is 0.111. The Hall–Kier alpha value is -1.22. The highest BCUT2D eigenvalue weighted by molar-refractivity contribution is 7.13. The summed E-state index contributed by atoms with van der Waals surface area (Å²) in [5.41, 5.74) is 0.756. The first-order valence-corrected chi connectivity index (χ1v) is 4.40. The van der Waals surface area contributed by atoms with E-state index in [4.69, 9.17) is 0 Å². The van der Waals surface area contributed by atoms with Gasteiger partial charge in [-0.2, -0.15) is 4.37 Å². The molecule has 0 amide bonds. The van der Waals surface area contributed by atoms with Crippen LogP contribution in [0.1, 0.15) is 17.3 Å². The molecular weight excluding hydrogens is 170 g/mol. The third kappa shape index (κ3) is 1.12. The molecule has 0 fully saturated rings. The second kappa shape index (κ2) is 2.68. The number of hydrogen-bond acceptors (Lipinski definition) is 3. The Morgan fingerprint density at radius 2 is 2.33 bits per heavy atom. The van der Waals surface area contributed by atoms with Crippen LogP contribution in [0.3, 0.4) is 0 Å². The molecule has 0 saturated carbocycles. The summed E-state index contributed by atoms with van der Waals surface area (Å²) in [6, 6.07) is 5.64. The van der Waals surface area contributed by atoms with Gasteiger partial charge in [-0.05, 0) is 24.5 Å². The lowest BCUT2D eigenvalue weighted by Gasteiger charge is -1.93. The molecule has 2 rings (SSSR count). The van der Waals surface area contributed by atoms with E-state index in [1.54, 1.807) is 6.92 Å². The zero-order valence-corrected chi connectivity index (χ0v) is 7.39. The van der Waals surface area contributed by atoms with Crippen LogP contribution in [0.4, 0.5) is 0 Å². The van der Waals surface area contributed by atoms with Crippen LogP contribution in [-0.4, -0.2) is 10.2 Å². The van der Waals surface area contributed by atoms with E-state index in [-0.39, 0.29) is 5.78 Å². The molecule has 1 heterocycles. The number of nitrogens with zero attached hydrogens (tertiary/aromatic N) is 1. The quantitative estimate of drug-likeness (QED) is 0.626. The van der Waals surface area contributed by atoms with Gasteiger partial charge in [0.15, 0.2) is 5.78 Å². The lowest BCUT2D eigenvalue weighted by atomic mass is 10.1. The van der Waals surface area contributed by atoms with E-state index in [1.807, 2.05) is 24.4 Å². The average molecular weight is 177 g/mol. The average Bonchev–Trinajstić information content (AvgIpc) is 2.49. The Labute approximate surface area is 74.0 Å². The molecule has 0 aliphatic rings. The molecule has 0 radical (unpaired) electrons. The number of Topliss-reactive ketones (excluding diaryl/α,β-unsaturated/α-hetero) is 1. The highest BCUT2D eigenvalue weighted by Crippen LogP contribution is 2.19. The molecule has 1 aromatic carbocycles. The fourth-order valence-electron chi connectivity index (χ4n) is 1.08. The van der Waals surface area contributed by atoms with Crippen LogP contribution < -0.4 is 0 Å². The number of aromatic nitrogens is 1. The molecule has 0 atom stereocenters. The Morgan fingerprint density at radius 3 is 3.08 bits per heavy atom. The maximum absolute atomic E-state index is 11.0. The van der Waals surface area contributed by atoms with Crippen LogP contribution in [0.2, 0.25) is 0 Å². The third-order valence-corrected chi connectivity index (χ3v) is 2.52. The maximum atomic E-state index is 11.0. The maximum Gasteiger partial charge on any atom is 0.159 e. The van der Waals surface area contributed by atoms with Gasteiger partial charge in [-0.25, -0.2) is 0 Å². The Morgan fingerprint density at radius 1 is 1.50 bits per heavy atom. The van der Waals surface area contributed by atoms with E-state index < -0.39 is 0 Å². The lowest BCUT2D eigenvalue weighted by Crippen LogP contribution is -1.89. The number of carbonyl (C=O) groups is 1. The molecule has 0 unspecified atom stereocenters. The predicted molar refractivity (Wildman–Crippen MR) is 49.6 cm³/mol. The van der Waals surface area contributed by atoms with Crippen molar-refractivity contribution in [2.24, 2.45) is 0 Å². The summed E-state index contributed by atoms with van der Waals surface area (Å²) in [6.07, 6.45) is 1.81. The largest absolute Gasteiger partial charge is 0.295 e. The van der Waals surface area contributed by atoms with Gasteiger partial charge in [0.05, 0.1) is 4.70 Å². The minimum Gasteiger partial charge on any atom is -0.295 e. The molecule has 12 heavy (non-hydrogen) atoms. The first kappa shape index (κ1) is 7.43. The fourth-order valence-corrected chi connectivity index (χ4v) is 1.76. The van der Waals surface area contributed by atoms with Crippen LogP contribution in [-0.2, 0) is 0 Å². The van der Waals surface area contributed by atoms with Crippen molar-refractivity contribution in [3.8, 4) is 0 Å². The number of hydrogen-bond donors (Lipinski definition) is 0. The molecule has 0 saturated heterocycles. The SMILES string of the molecule is CC(=O)c1ccc2cnsc2c1. The Kier molecular flexibility index (Phi) is 1.66. The summed E-state index contributed by atoms with van der Waals surface area (Å²) < 4.78 is 5.10. The van der Waals surface area contributed by atoms with E-state index in [0.717, 1.165) is 15.6 Å². The second-order valence-corrected chi connectivity index (χ2v) is 3.47. The van der Waals surface area contributed by atoms with Crippen molar-refractivity contribution in [1.82, 2.24) is 4.37 Å². The molecule has 60 valence electrons. The van der Waals surface area contributed by atoms with Crippen LogP contribution in [0.25, 0.3) is 10.1 Å². The number of fused-ring (bicyclic) bond motifs is 1. The summed E-state index contributed by atoms with van der Waals surface area (Å²) >= 11 is 1.42. The zero-order valence-electron chi connectivity index (χ0n) is 6.57. The Balaban J connectivity index is 2.68. The molecule has 2 aromatic rings. The van der Waals surface area contributed by atoms with E-state index in [1.165, 1.54) is 11.5 Å². The molecule has 1 aromatic heterocycles. The highest BCUT2D eigenvalue weighted by Gasteiger charge is 2.01. The molecule has 3 heteroatoms. The van der Waals surface area contributed by atoms with E-state index in [2.05, 4.69) is 4.37 Å². The minimum absolute atomic E-state index is 0.102. The van der Waals surface area contributed by atoms with E-state index in [9.17, 15) is 4.79 Å². The third-order valence-electron chi connectivity index (χ3n) is 1.76. The smallest absolute Gasteiger partial charge is 0.159 e. The topological polar surface area (TPSA) is 30.0 Å². The molecule has 0 aliphatic heterocycles. The van der Waals surface area contributed by atoms with Crippen LogP contribution in [0, 0.1) is 0 Å². The first-order chi connectivity index (χ1) is 5.77. The van der Waals surface area contributed by atoms with Crippen molar-refractivity contribution in [3.63, 3.8) is 0 Å². The van der Waals surface area contributed by atoms with Gasteiger partial charge in [0, 0.05) is 17.1 Å². The molecule has 0 bridgehead atoms. The summed E-state index contributed by atoms with van der Waals surface area (Å²) in [7, 11) is 0. The molecule has 0 spiro atoms. The van der Waals surface area contributed by atoms with E-state index >= 15 is 0 Å². The first-order valence-electron chi connectivity index (χ1n) is 3.63. The van der Waals surface area contributed by atoms with E-state index in [0.29, 0.717) is 0 Å². The van der Waals surface area contributed by atoms with Gasteiger partial charge >= 0.3 is 0 Å². The number of benzene rings is 1. The zero-order chi connectivity index (χ0) is 8.55. The monoisotopic (exact) mass is 177 g/mol. The summed E-state index contributed by atoms with van der Waals surface area (Å²) in [6.45, 7) is 1.57. The summed E-state index contributed by atoms with van der Waals surface area (Å²) in [4.78, 5) is 11.0. The van der Waals surface area contributed by atoms with Crippen molar-refractivity contribution in [3.05, 3.63) is 30.0 Å². The number of carbonyl (C=O) groups excluding carboxylic acids is 1. The van der Waals surface area contributed by atoms with Crippen LogP contribution in [0.5, 0.6) is 0 Å². The van der Waals surface area contributed by atoms with Gasteiger partial charge in [0.25, 0.3) is 0 Å². The Bertz CT molecular complexity index is 433. The molecule has 0 N–H and O–H groups in total. The minimum atomic E-state index is 0.102. The van der Waals surface area contributed by atoms with Gasteiger partial charge in [0.1, 0.15) is 0 Å². The molecule has 2 nitrogen and oxygen atoms in total. The van der Waals surface area contributed by atoms with Gasteiger partial charge in [0.2, 0.25) is 0 Å². The van der Waals surface area contributed by atoms with Gasteiger partial charge < -0.3 is 0 Å². The summed E-state index contributed by atoms with van der Waals surface area (Å²) in [5.74, 6) is 0.102. The normalized spacial score (nSPS) is 10.4. The molecule has 0 aliphatic carbocycles. The summed E-state index contributed by atoms with van der Waals surface area (Å²) in [5, 5.41) is 1.10. The number of rotatable bonds is 1. The van der Waals surface area contributed by atoms with Crippen molar-refractivity contribution >= 4 is 27.4 Å². The van der Waals surface area contributed by atoms with Crippen molar-refractivity contribution in [2.75, 3.05) is 0 Å². The standard InChI is InChI=1S/C9H7NOS/c1-6(11)7-2-3-8-5-10-12-9(8)4-7/h2-5H,1H3. The van der Waals surface area contributed by atoms with Crippen molar-refractivity contribution in [2.45, 2.75) is 6.92 Å². The van der Waals surface area contributed by atoms with Crippen LogP contribution >= 0.6 is 11.5 Å². The number of ketones is 1. The second-order valence-electron chi connectivity index (χ2n) is 2.63. The predicted octanol–water partition coefficient (Wildman–Crippen LogP) is 2.50. The van der Waals surface area contributed by atoms with Gasteiger partial charge in [-0.15, -0.1) is 0 Å². The lowest BCUT2D eigenvalue weighted by molar-refractivity contribution is 0.101. The molecular formula is C9H7NOS. The van der Waals surface area contributed by atoms with Gasteiger partial charge in [-0.1, -0.05) is 12.1 Å². The van der Waals surface area contributed by atoms with Crippen molar-refractivity contribution < 1.29 is 4.79 Å².